The second-order valence-electron chi connectivity index (χ2n) is 9.39. The summed E-state index contributed by atoms with van der Waals surface area (Å²) in [6.45, 7) is 8.10. The third kappa shape index (κ3) is 7.85. The quantitative estimate of drug-likeness (QED) is 0.309. The number of hydrogen-bond donors (Lipinski definition) is 1. The smallest absolute Gasteiger partial charge is 0.264 e. The standard InChI is InChI=1S/C31H39N3O5S/c1-5-29(31(36)32-6-2)33(22-21-25-11-9-8-10-12-25)30(35)23-34(26-15-17-27(18-16-26)39-7-3)40(37,38)28-19-13-24(4)14-20-28/h8-20,29H,5-7,21-23H2,1-4H3,(H,32,36). The van der Waals surface area contributed by atoms with Gasteiger partial charge in [0.25, 0.3) is 10.0 Å². The number of likely N-dealkylation sites (N-methyl/N-ethyl adjacent to an activating group) is 1. The highest BCUT2D eigenvalue weighted by Gasteiger charge is 2.33. The van der Waals surface area contributed by atoms with E-state index in [1.165, 1.54) is 17.0 Å². The van der Waals surface area contributed by atoms with Crippen molar-refractivity contribution in [1.82, 2.24) is 10.2 Å². The number of amides is 2. The summed E-state index contributed by atoms with van der Waals surface area (Å²) in [7, 11) is -4.11. The molecule has 3 rings (SSSR count). The van der Waals surface area contributed by atoms with Gasteiger partial charge in [-0.3, -0.25) is 13.9 Å². The van der Waals surface area contributed by atoms with E-state index in [0.29, 0.717) is 37.4 Å². The fraction of sp³-hybridized carbons (Fsp3) is 0.355. The van der Waals surface area contributed by atoms with Crippen LogP contribution in [-0.4, -0.2) is 57.4 Å². The minimum Gasteiger partial charge on any atom is -0.494 e. The molecule has 0 saturated heterocycles. The molecule has 8 nitrogen and oxygen atoms in total. The van der Waals surface area contributed by atoms with Crippen molar-refractivity contribution in [3.8, 4) is 5.75 Å². The van der Waals surface area contributed by atoms with E-state index in [2.05, 4.69) is 5.32 Å². The molecule has 214 valence electrons. The Labute approximate surface area is 238 Å². The molecule has 0 bridgehead atoms. The average molecular weight is 566 g/mol. The number of benzene rings is 3. The van der Waals surface area contributed by atoms with Gasteiger partial charge < -0.3 is 15.0 Å². The molecule has 0 heterocycles. The van der Waals surface area contributed by atoms with Crippen LogP contribution in [0.4, 0.5) is 5.69 Å². The minimum absolute atomic E-state index is 0.0754. The number of aryl methyl sites for hydroxylation is 1. The monoisotopic (exact) mass is 565 g/mol. The first kappa shape index (κ1) is 30.7. The summed E-state index contributed by atoms with van der Waals surface area (Å²) in [6, 6.07) is 22.1. The number of hydrogen-bond acceptors (Lipinski definition) is 5. The van der Waals surface area contributed by atoms with Crippen LogP contribution < -0.4 is 14.4 Å². The third-order valence-electron chi connectivity index (χ3n) is 6.54. The number of rotatable bonds is 14. The van der Waals surface area contributed by atoms with Crippen molar-refractivity contribution in [2.45, 2.75) is 51.5 Å². The number of sulfonamides is 1. The molecule has 3 aromatic rings. The van der Waals surface area contributed by atoms with Crippen molar-refractivity contribution in [2.75, 3.05) is 30.5 Å². The van der Waals surface area contributed by atoms with Crippen molar-refractivity contribution in [3.63, 3.8) is 0 Å². The SMILES string of the molecule is CCNC(=O)C(CC)N(CCc1ccccc1)C(=O)CN(c1ccc(OCC)cc1)S(=O)(=O)c1ccc(C)cc1. The summed E-state index contributed by atoms with van der Waals surface area (Å²) >= 11 is 0. The van der Waals surface area contributed by atoms with Crippen LogP contribution in [0.3, 0.4) is 0 Å². The first-order valence-corrected chi connectivity index (χ1v) is 15.1. The lowest BCUT2D eigenvalue weighted by atomic mass is 10.1. The van der Waals surface area contributed by atoms with Gasteiger partial charge in [-0.2, -0.15) is 0 Å². The zero-order valence-corrected chi connectivity index (χ0v) is 24.5. The van der Waals surface area contributed by atoms with Gasteiger partial charge in [-0.05, 0) is 75.6 Å². The van der Waals surface area contributed by atoms with Gasteiger partial charge in [0.1, 0.15) is 18.3 Å². The highest BCUT2D eigenvalue weighted by Crippen LogP contribution is 2.27. The normalized spacial score (nSPS) is 11.9. The molecule has 0 radical (unpaired) electrons. The predicted molar refractivity (Wildman–Crippen MR) is 158 cm³/mol. The highest BCUT2D eigenvalue weighted by molar-refractivity contribution is 7.92. The molecule has 9 heteroatoms. The number of ether oxygens (including phenoxy) is 1. The maximum absolute atomic E-state index is 14.0. The first-order chi connectivity index (χ1) is 19.2. The van der Waals surface area contributed by atoms with Crippen LogP contribution >= 0.6 is 0 Å². The summed E-state index contributed by atoms with van der Waals surface area (Å²) < 4.78 is 34.5. The number of nitrogens with one attached hydrogen (secondary N) is 1. The Morgan fingerprint density at radius 2 is 1.55 bits per heavy atom. The largest absolute Gasteiger partial charge is 0.494 e. The van der Waals surface area contributed by atoms with Gasteiger partial charge in [0.15, 0.2) is 0 Å². The van der Waals surface area contributed by atoms with E-state index in [-0.39, 0.29) is 17.3 Å². The summed E-state index contributed by atoms with van der Waals surface area (Å²) in [5.74, 6) is -0.129. The molecule has 3 aromatic carbocycles. The molecule has 0 aromatic heterocycles. The number of carbonyl (C=O) groups is 2. The van der Waals surface area contributed by atoms with E-state index >= 15 is 0 Å². The molecular weight excluding hydrogens is 526 g/mol. The van der Waals surface area contributed by atoms with Gasteiger partial charge in [-0.15, -0.1) is 0 Å². The molecule has 0 saturated carbocycles. The first-order valence-electron chi connectivity index (χ1n) is 13.6. The van der Waals surface area contributed by atoms with Gasteiger partial charge in [-0.25, -0.2) is 8.42 Å². The molecular formula is C31H39N3O5S. The molecule has 2 amide bonds. The van der Waals surface area contributed by atoms with Gasteiger partial charge in [0.2, 0.25) is 11.8 Å². The molecule has 0 aliphatic carbocycles. The Balaban J connectivity index is 2.00. The zero-order valence-electron chi connectivity index (χ0n) is 23.7. The number of anilines is 1. The second-order valence-corrected chi connectivity index (χ2v) is 11.3. The van der Waals surface area contributed by atoms with Crippen LogP contribution in [0.15, 0.2) is 83.8 Å². The summed E-state index contributed by atoms with van der Waals surface area (Å²) in [5, 5.41) is 2.82. The van der Waals surface area contributed by atoms with Crippen molar-refractivity contribution in [1.29, 1.82) is 0 Å². The zero-order chi connectivity index (χ0) is 29.1. The number of carbonyl (C=O) groups excluding carboxylic acids is 2. The Morgan fingerprint density at radius 1 is 0.900 bits per heavy atom. The van der Waals surface area contributed by atoms with E-state index in [1.54, 1.807) is 36.4 Å². The van der Waals surface area contributed by atoms with E-state index in [4.69, 9.17) is 4.74 Å². The predicted octanol–water partition coefficient (Wildman–Crippen LogP) is 4.58. The van der Waals surface area contributed by atoms with E-state index in [1.807, 2.05) is 58.0 Å². The second kappa shape index (κ2) is 14.5. The lowest BCUT2D eigenvalue weighted by molar-refractivity contribution is -0.139. The maximum atomic E-state index is 14.0. The summed E-state index contributed by atoms with van der Waals surface area (Å²) in [6.07, 6.45) is 0.913. The van der Waals surface area contributed by atoms with Crippen molar-refractivity contribution in [3.05, 3.63) is 90.0 Å². The van der Waals surface area contributed by atoms with Crippen LogP contribution in [0.1, 0.15) is 38.3 Å². The van der Waals surface area contributed by atoms with E-state index in [0.717, 1.165) is 15.4 Å². The molecule has 0 aliphatic heterocycles. The van der Waals surface area contributed by atoms with Gasteiger partial charge in [0, 0.05) is 13.1 Å². The summed E-state index contributed by atoms with van der Waals surface area (Å²) in [5.41, 5.74) is 2.26. The maximum Gasteiger partial charge on any atom is 0.264 e. The Kier molecular flexibility index (Phi) is 11.1. The Bertz CT molecular complexity index is 1340. The van der Waals surface area contributed by atoms with Crippen LogP contribution in [0, 0.1) is 6.92 Å². The topological polar surface area (TPSA) is 96.0 Å². The molecule has 1 N–H and O–H groups in total. The van der Waals surface area contributed by atoms with Gasteiger partial charge in [0.05, 0.1) is 17.2 Å². The lowest BCUT2D eigenvalue weighted by Crippen LogP contribution is -2.53. The van der Waals surface area contributed by atoms with Crippen molar-refractivity contribution in [2.24, 2.45) is 0 Å². The number of nitrogens with zero attached hydrogens (tertiary/aromatic N) is 2. The lowest BCUT2D eigenvalue weighted by Gasteiger charge is -2.33. The minimum atomic E-state index is -4.11. The molecule has 0 spiro atoms. The van der Waals surface area contributed by atoms with Gasteiger partial charge >= 0.3 is 0 Å². The average Bonchev–Trinajstić information content (AvgIpc) is 2.95. The summed E-state index contributed by atoms with van der Waals surface area (Å²) in [4.78, 5) is 28.5. The van der Waals surface area contributed by atoms with Crippen molar-refractivity contribution < 1.29 is 22.7 Å². The molecule has 40 heavy (non-hydrogen) atoms. The van der Waals surface area contributed by atoms with Gasteiger partial charge in [-0.1, -0.05) is 55.0 Å². The Morgan fingerprint density at radius 3 is 2.12 bits per heavy atom. The molecule has 1 unspecified atom stereocenters. The fourth-order valence-electron chi connectivity index (χ4n) is 4.43. The highest BCUT2D eigenvalue weighted by atomic mass is 32.2. The Hall–Kier alpha value is -3.85. The van der Waals surface area contributed by atoms with Crippen LogP contribution in [-0.2, 0) is 26.0 Å². The van der Waals surface area contributed by atoms with Crippen molar-refractivity contribution >= 4 is 27.5 Å². The van der Waals surface area contributed by atoms with E-state index in [9.17, 15) is 18.0 Å². The van der Waals surface area contributed by atoms with Crippen LogP contribution in [0.25, 0.3) is 0 Å². The third-order valence-corrected chi connectivity index (χ3v) is 8.33. The molecule has 0 aliphatic rings. The molecule has 0 fully saturated rings. The fourth-order valence-corrected chi connectivity index (χ4v) is 5.84. The molecule has 1 atom stereocenters. The van der Waals surface area contributed by atoms with Crippen LogP contribution in [0.5, 0.6) is 5.75 Å². The van der Waals surface area contributed by atoms with Crippen LogP contribution in [0.2, 0.25) is 0 Å². The van der Waals surface area contributed by atoms with E-state index < -0.39 is 28.5 Å².